The standard InChI is InChI=1S/C5H4N4O/c10-5-3-4(7-1-6-3)8-2-9-5/h1-2H,(H2,6,7,8,9,10)/i1T. The minimum atomic E-state index is -0.329. The van der Waals surface area contributed by atoms with Crippen molar-refractivity contribution in [3.8, 4) is 0 Å². The van der Waals surface area contributed by atoms with Crippen molar-refractivity contribution in [2.45, 2.75) is 0 Å². The second kappa shape index (κ2) is 1.66. The van der Waals surface area contributed by atoms with Crippen LogP contribution in [0.5, 0.6) is 0 Å². The second-order valence-corrected chi connectivity index (χ2v) is 1.78. The lowest BCUT2D eigenvalue weighted by Crippen LogP contribution is -2.05. The SMILES string of the molecule is [3H]c1nc2c(=O)[nH]cnc2[nH]1. The Labute approximate surface area is 56.5 Å². The summed E-state index contributed by atoms with van der Waals surface area (Å²) in [6, 6.07) is 0. The molecule has 5 nitrogen and oxygen atoms in total. The monoisotopic (exact) mass is 138 g/mol. The van der Waals surface area contributed by atoms with Crippen LogP contribution in [0.25, 0.3) is 11.2 Å². The molecule has 0 aromatic carbocycles. The number of aromatic nitrogens is 4. The van der Waals surface area contributed by atoms with Crippen molar-refractivity contribution < 1.29 is 1.37 Å². The van der Waals surface area contributed by atoms with Crippen molar-refractivity contribution in [3.05, 3.63) is 23.0 Å². The van der Waals surface area contributed by atoms with Gasteiger partial charge in [0.25, 0.3) is 5.56 Å². The van der Waals surface area contributed by atoms with E-state index in [1.165, 1.54) is 6.33 Å². The van der Waals surface area contributed by atoms with Gasteiger partial charge in [-0.1, -0.05) is 0 Å². The molecule has 0 aliphatic rings. The molecule has 0 saturated carbocycles. The van der Waals surface area contributed by atoms with Gasteiger partial charge in [0.2, 0.25) is 0 Å². The lowest BCUT2D eigenvalue weighted by molar-refractivity contribution is 1.15. The van der Waals surface area contributed by atoms with E-state index in [9.17, 15) is 4.79 Å². The lowest BCUT2D eigenvalue weighted by Gasteiger charge is -1.81. The molecular formula is C5H4N4O. The third-order valence-corrected chi connectivity index (χ3v) is 1.17. The lowest BCUT2D eigenvalue weighted by atomic mass is 10.6. The molecule has 0 unspecified atom stereocenters. The van der Waals surface area contributed by atoms with Crippen LogP contribution in [0.2, 0.25) is 0 Å². The normalized spacial score (nSPS) is 11.8. The number of nitrogens with one attached hydrogen (secondary N) is 2. The third kappa shape index (κ3) is 0.540. The molecule has 2 heterocycles. The van der Waals surface area contributed by atoms with Gasteiger partial charge in [0.05, 0.1) is 12.6 Å². The van der Waals surface area contributed by atoms with Gasteiger partial charge in [-0.3, -0.25) is 4.79 Å². The van der Waals surface area contributed by atoms with Gasteiger partial charge in [-0.25, -0.2) is 9.97 Å². The van der Waals surface area contributed by atoms with E-state index in [0.29, 0.717) is 5.65 Å². The highest BCUT2D eigenvalue weighted by Gasteiger charge is 1.97. The molecule has 0 fully saturated rings. The summed E-state index contributed by atoms with van der Waals surface area (Å²) >= 11 is 0. The van der Waals surface area contributed by atoms with Crippen molar-refractivity contribution >= 4 is 11.2 Å². The Morgan fingerprint density at radius 3 is 3.20 bits per heavy atom. The predicted molar refractivity (Wildman–Crippen MR) is 34.5 cm³/mol. The Kier molecular flexibility index (Phi) is 0.700. The summed E-state index contributed by atoms with van der Waals surface area (Å²) in [4.78, 5) is 23.2. The highest BCUT2D eigenvalue weighted by Crippen LogP contribution is 1.94. The Hall–Kier alpha value is -1.65. The summed E-state index contributed by atoms with van der Waals surface area (Å²) in [5, 5.41) is 0. The van der Waals surface area contributed by atoms with E-state index < -0.39 is 0 Å². The molecule has 0 aliphatic heterocycles. The smallest absolute Gasteiger partial charge is 0.278 e. The number of hydrogen-bond acceptors (Lipinski definition) is 3. The van der Waals surface area contributed by atoms with Crippen LogP contribution in [0, 0.1) is 0 Å². The van der Waals surface area contributed by atoms with Crippen molar-refractivity contribution in [1.29, 1.82) is 0 Å². The zero-order valence-corrected chi connectivity index (χ0v) is 4.88. The first-order valence-electron chi connectivity index (χ1n) is 3.17. The summed E-state index contributed by atoms with van der Waals surface area (Å²) in [6.45, 7) is 0. The number of rotatable bonds is 0. The number of aromatic amines is 2. The average molecular weight is 138 g/mol. The van der Waals surface area contributed by atoms with Crippen LogP contribution in [0.3, 0.4) is 0 Å². The van der Waals surface area contributed by atoms with Gasteiger partial charge in [-0.15, -0.1) is 0 Å². The fourth-order valence-corrected chi connectivity index (χ4v) is 0.724. The van der Waals surface area contributed by atoms with Crippen LogP contribution >= 0.6 is 0 Å². The molecule has 10 heavy (non-hydrogen) atoms. The van der Waals surface area contributed by atoms with Gasteiger partial charge in [0.15, 0.2) is 11.2 Å². The number of H-pyrrole nitrogens is 2. The molecule has 0 bridgehead atoms. The zero-order valence-electron chi connectivity index (χ0n) is 5.88. The molecule has 50 valence electrons. The molecule has 0 atom stereocenters. The van der Waals surface area contributed by atoms with Crippen LogP contribution in [-0.2, 0) is 0 Å². The number of imidazole rings is 1. The highest BCUT2D eigenvalue weighted by atomic mass is 16.1. The zero-order chi connectivity index (χ0) is 7.84. The summed E-state index contributed by atoms with van der Waals surface area (Å²) in [6.07, 6.45) is 1.21. The number of fused-ring (bicyclic) bond motifs is 1. The van der Waals surface area contributed by atoms with E-state index in [0.717, 1.165) is 0 Å². The van der Waals surface area contributed by atoms with Crippen LogP contribution in [-0.4, -0.2) is 19.9 Å². The topological polar surface area (TPSA) is 74.4 Å². The molecule has 2 rings (SSSR count). The summed E-state index contributed by atoms with van der Waals surface area (Å²) in [5.74, 6) is 0. The first-order valence-corrected chi connectivity index (χ1v) is 2.67. The largest absolute Gasteiger partial charge is 0.329 e. The minimum Gasteiger partial charge on any atom is -0.329 e. The van der Waals surface area contributed by atoms with Gasteiger partial charge >= 0.3 is 0 Å². The molecule has 0 radical (unpaired) electrons. The third-order valence-electron chi connectivity index (χ3n) is 1.17. The van der Waals surface area contributed by atoms with E-state index in [1.807, 2.05) is 0 Å². The van der Waals surface area contributed by atoms with Crippen molar-refractivity contribution in [2.24, 2.45) is 0 Å². The number of hydrogen-bond donors (Lipinski definition) is 2. The molecule has 2 N–H and O–H groups in total. The van der Waals surface area contributed by atoms with E-state index >= 15 is 0 Å². The number of nitrogens with zero attached hydrogens (tertiary/aromatic N) is 2. The fourth-order valence-electron chi connectivity index (χ4n) is 0.724. The van der Waals surface area contributed by atoms with E-state index in [1.54, 1.807) is 0 Å². The predicted octanol–water partition coefficient (Wildman–Crippen LogP) is -0.354. The first kappa shape index (κ1) is 4.21. The average Bonchev–Trinajstić information content (AvgIpc) is 2.31. The van der Waals surface area contributed by atoms with E-state index in [2.05, 4.69) is 19.9 Å². The van der Waals surface area contributed by atoms with Crippen molar-refractivity contribution in [2.75, 3.05) is 0 Å². The molecule has 0 saturated heterocycles. The maximum absolute atomic E-state index is 10.9. The highest BCUT2D eigenvalue weighted by molar-refractivity contribution is 5.67. The summed E-state index contributed by atoms with van der Waals surface area (Å²) in [5.41, 5.74) is 0.195. The van der Waals surface area contributed by atoms with Gasteiger partial charge in [0, 0.05) is 0 Å². The summed E-state index contributed by atoms with van der Waals surface area (Å²) < 4.78 is 7.06. The van der Waals surface area contributed by atoms with E-state index in [-0.39, 0.29) is 17.4 Å². The molecule has 2 aromatic heterocycles. The van der Waals surface area contributed by atoms with Gasteiger partial charge < -0.3 is 9.97 Å². The molecule has 2 aromatic rings. The fraction of sp³-hybridized carbons (Fsp3) is 0. The first-order chi connectivity index (χ1) is 5.27. The van der Waals surface area contributed by atoms with Gasteiger partial charge in [-0.05, 0) is 0 Å². The van der Waals surface area contributed by atoms with Crippen LogP contribution < -0.4 is 5.56 Å². The molecule has 0 spiro atoms. The van der Waals surface area contributed by atoms with Crippen LogP contribution in [0.1, 0.15) is 1.37 Å². The molecule has 5 heteroatoms. The van der Waals surface area contributed by atoms with Gasteiger partial charge in [0.1, 0.15) is 1.37 Å². The maximum atomic E-state index is 10.9. The maximum Gasteiger partial charge on any atom is 0.278 e. The Balaban J connectivity index is 3.02. The Bertz CT molecular complexity index is 445. The quantitative estimate of drug-likeness (QED) is 0.522. The molecule has 0 amide bonds. The molecular weight excluding hydrogens is 132 g/mol. The van der Waals surface area contributed by atoms with Gasteiger partial charge in [-0.2, -0.15) is 0 Å². The van der Waals surface area contributed by atoms with Crippen LogP contribution in [0.15, 0.2) is 17.4 Å². The molecule has 0 aliphatic carbocycles. The second-order valence-electron chi connectivity index (χ2n) is 1.78. The minimum absolute atomic E-state index is 0.0517. The van der Waals surface area contributed by atoms with Crippen molar-refractivity contribution in [1.82, 2.24) is 19.9 Å². The summed E-state index contributed by atoms with van der Waals surface area (Å²) in [7, 11) is 0. The Morgan fingerprint density at radius 2 is 2.40 bits per heavy atom. The van der Waals surface area contributed by atoms with Crippen LogP contribution in [0.4, 0.5) is 0 Å². The van der Waals surface area contributed by atoms with Crippen molar-refractivity contribution in [3.63, 3.8) is 0 Å². The Morgan fingerprint density at radius 1 is 1.50 bits per heavy atom. The van der Waals surface area contributed by atoms with E-state index in [4.69, 9.17) is 1.37 Å².